The van der Waals surface area contributed by atoms with Crippen LogP contribution in [0.15, 0.2) is 12.1 Å². The van der Waals surface area contributed by atoms with Crippen molar-refractivity contribution in [3.05, 3.63) is 28.3 Å². The molecule has 0 aliphatic heterocycles. The van der Waals surface area contributed by atoms with E-state index in [1.165, 1.54) is 12.1 Å². The molecule has 0 bridgehead atoms. The third-order valence-electron chi connectivity index (χ3n) is 1.85. The molecule has 14 heavy (non-hydrogen) atoms. The molecule has 0 fully saturated rings. The lowest BCUT2D eigenvalue weighted by Gasteiger charge is -2.12. The number of hydrogen-bond donors (Lipinski definition) is 0. The molecule has 0 unspecified atom stereocenters. The van der Waals surface area contributed by atoms with Crippen LogP contribution in [-0.2, 0) is 0 Å². The van der Waals surface area contributed by atoms with Crippen LogP contribution in [-0.4, -0.2) is 6.36 Å². The second-order valence-corrected chi connectivity index (χ2v) is 3.25. The molecule has 1 aromatic rings. The van der Waals surface area contributed by atoms with E-state index in [9.17, 15) is 13.2 Å². The van der Waals surface area contributed by atoms with Gasteiger partial charge in [-0.25, -0.2) is 0 Å². The first-order valence-electron chi connectivity index (χ1n) is 3.82. The Bertz CT molecular complexity index is 347. The van der Waals surface area contributed by atoms with Gasteiger partial charge in [-0.2, -0.15) is 0 Å². The Balaban J connectivity index is 3.06. The zero-order valence-corrected chi connectivity index (χ0v) is 8.33. The van der Waals surface area contributed by atoms with Crippen LogP contribution in [0.2, 0.25) is 5.02 Å². The molecule has 5 heteroatoms. The first kappa shape index (κ1) is 11.2. The molecule has 0 saturated heterocycles. The van der Waals surface area contributed by atoms with Gasteiger partial charge in [0.1, 0.15) is 5.75 Å². The molecule has 0 radical (unpaired) electrons. The predicted octanol–water partition coefficient (Wildman–Crippen LogP) is 3.86. The van der Waals surface area contributed by atoms with Gasteiger partial charge in [-0.05, 0) is 31.0 Å². The fourth-order valence-electron chi connectivity index (χ4n) is 0.960. The van der Waals surface area contributed by atoms with Gasteiger partial charge in [-0.3, -0.25) is 0 Å². The van der Waals surface area contributed by atoms with Crippen LogP contribution < -0.4 is 4.74 Å². The highest BCUT2D eigenvalue weighted by atomic mass is 35.5. The molecule has 0 amide bonds. The van der Waals surface area contributed by atoms with Crippen molar-refractivity contribution in [1.82, 2.24) is 0 Å². The molecule has 0 saturated carbocycles. The Kier molecular flexibility index (Phi) is 2.95. The molecule has 1 nitrogen and oxygen atoms in total. The maximum Gasteiger partial charge on any atom is 0.573 e. The van der Waals surface area contributed by atoms with E-state index in [0.717, 1.165) is 5.56 Å². The highest BCUT2D eigenvalue weighted by Gasteiger charge is 2.32. The minimum absolute atomic E-state index is 0.00215. The standard InChI is InChI=1S/C9H8ClF3O/c1-5-3-4-7(8(10)6(5)2)14-9(11,12)13/h3-4H,1-2H3. The smallest absolute Gasteiger partial charge is 0.404 e. The van der Waals surface area contributed by atoms with Crippen LogP contribution in [0.4, 0.5) is 13.2 Å². The molecule has 78 valence electrons. The van der Waals surface area contributed by atoms with E-state index >= 15 is 0 Å². The van der Waals surface area contributed by atoms with E-state index in [-0.39, 0.29) is 10.8 Å². The van der Waals surface area contributed by atoms with Crippen molar-refractivity contribution in [1.29, 1.82) is 0 Å². The average Bonchev–Trinajstić information content (AvgIpc) is 2.04. The number of halogens is 4. The Morgan fingerprint density at radius 2 is 1.79 bits per heavy atom. The van der Waals surface area contributed by atoms with Crippen LogP contribution in [0.5, 0.6) is 5.75 Å². The topological polar surface area (TPSA) is 9.23 Å². The first-order chi connectivity index (χ1) is 6.31. The fraction of sp³-hybridized carbons (Fsp3) is 0.333. The van der Waals surface area contributed by atoms with Crippen molar-refractivity contribution >= 4 is 11.6 Å². The summed E-state index contributed by atoms with van der Waals surface area (Å²) in [6.45, 7) is 3.40. The molecule has 0 aliphatic rings. The number of benzene rings is 1. The maximum atomic E-state index is 11.9. The van der Waals surface area contributed by atoms with E-state index in [0.29, 0.717) is 5.56 Å². The zero-order chi connectivity index (χ0) is 10.9. The van der Waals surface area contributed by atoms with E-state index in [1.807, 2.05) is 0 Å². The zero-order valence-electron chi connectivity index (χ0n) is 7.57. The van der Waals surface area contributed by atoms with Crippen LogP contribution in [0.3, 0.4) is 0 Å². The molecule has 1 aromatic carbocycles. The quantitative estimate of drug-likeness (QED) is 0.704. The van der Waals surface area contributed by atoms with E-state index in [1.54, 1.807) is 13.8 Å². The summed E-state index contributed by atoms with van der Waals surface area (Å²) in [5.74, 6) is -0.359. The lowest BCUT2D eigenvalue weighted by Crippen LogP contribution is -2.17. The lowest BCUT2D eigenvalue weighted by molar-refractivity contribution is -0.274. The minimum Gasteiger partial charge on any atom is -0.404 e. The van der Waals surface area contributed by atoms with Crippen molar-refractivity contribution in [3.8, 4) is 5.75 Å². The molecule has 0 N–H and O–H groups in total. The minimum atomic E-state index is -4.70. The third-order valence-corrected chi connectivity index (χ3v) is 2.32. The van der Waals surface area contributed by atoms with Crippen molar-refractivity contribution < 1.29 is 17.9 Å². The Labute approximate surface area is 84.4 Å². The van der Waals surface area contributed by atoms with Crippen molar-refractivity contribution in [2.45, 2.75) is 20.2 Å². The summed E-state index contributed by atoms with van der Waals surface area (Å²) >= 11 is 5.68. The number of rotatable bonds is 1. The van der Waals surface area contributed by atoms with Gasteiger partial charge in [0.25, 0.3) is 0 Å². The number of ether oxygens (including phenoxy) is 1. The Morgan fingerprint density at radius 1 is 1.21 bits per heavy atom. The van der Waals surface area contributed by atoms with Gasteiger partial charge in [0.05, 0.1) is 5.02 Å². The van der Waals surface area contributed by atoms with E-state index in [2.05, 4.69) is 4.74 Å². The summed E-state index contributed by atoms with van der Waals surface area (Å²) < 4.78 is 39.4. The van der Waals surface area contributed by atoms with Crippen LogP contribution >= 0.6 is 11.6 Å². The van der Waals surface area contributed by atoms with Gasteiger partial charge >= 0.3 is 6.36 Å². The fourth-order valence-corrected chi connectivity index (χ4v) is 1.21. The van der Waals surface area contributed by atoms with Gasteiger partial charge in [-0.15, -0.1) is 13.2 Å². The van der Waals surface area contributed by atoms with E-state index < -0.39 is 6.36 Å². The molecular formula is C9H8ClF3O. The number of alkyl halides is 3. The van der Waals surface area contributed by atoms with Gasteiger partial charge in [0, 0.05) is 0 Å². The molecule has 0 spiro atoms. The van der Waals surface area contributed by atoms with Gasteiger partial charge < -0.3 is 4.74 Å². The van der Waals surface area contributed by atoms with Gasteiger partial charge in [0.2, 0.25) is 0 Å². The maximum absolute atomic E-state index is 11.9. The largest absolute Gasteiger partial charge is 0.573 e. The van der Waals surface area contributed by atoms with Crippen molar-refractivity contribution in [3.63, 3.8) is 0 Å². The average molecular weight is 225 g/mol. The second-order valence-electron chi connectivity index (χ2n) is 2.87. The summed E-state index contributed by atoms with van der Waals surface area (Å²) in [6.07, 6.45) is -4.70. The molecule has 0 aliphatic carbocycles. The van der Waals surface area contributed by atoms with Crippen molar-refractivity contribution in [2.24, 2.45) is 0 Å². The Hall–Kier alpha value is -0.900. The van der Waals surface area contributed by atoms with Crippen LogP contribution in [0.1, 0.15) is 11.1 Å². The SMILES string of the molecule is Cc1ccc(OC(F)(F)F)c(Cl)c1C. The molecule has 0 heterocycles. The number of hydrogen-bond acceptors (Lipinski definition) is 1. The summed E-state index contributed by atoms with van der Waals surface area (Å²) in [5, 5.41) is 0.00215. The molecule has 1 rings (SSSR count). The summed E-state index contributed by atoms with van der Waals surface area (Å²) in [6, 6.07) is 2.74. The van der Waals surface area contributed by atoms with Crippen molar-refractivity contribution in [2.75, 3.05) is 0 Å². The van der Waals surface area contributed by atoms with Gasteiger partial charge in [0.15, 0.2) is 0 Å². The Morgan fingerprint density at radius 3 is 2.29 bits per heavy atom. The second kappa shape index (κ2) is 3.69. The molecular weight excluding hydrogens is 217 g/mol. The number of aryl methyl sites for hydroxylation is 1. The summed E-state index contributed by atoms with van der Waals surface area (Å²) in [7, 11) is 0. The summed E-state index contributed by atoms with van der Waals surface area (Å²) in [4.78, 5) is 0. The molecule has 0 atom stereocenters. The lowest BCUT2D eigenvalue weighted by atomic mass is 10.1. The van der Waals surface area contributed by atoms with Crippen LogP contribution in [0.25, 0.3) is 0 Å². The highest BCUT2D eigenvalue weighted by molar-refractivity contribution is 6.32. The van der Waals surface area contributed by atoms with Crippen LogP contribution in [0, 0.1) is 13.8 Å². The predicted molar refractivity (Wildman–Crippen MR) is 47.6 cm³/mol. The highest BCUT2D eigenvalue weighted by Crippen LogP contribution is 2.33. The summed E-state index contributed by atoms with van der Waals surface area (Å²) in [5.41, 5.74) is 1.41. The van der Waals surface area contributed by atoms with Gasteiger partial charge in [-0.1, -0.05) is 17.7 Å². The molecule has 0 aromatic heterocycles. The first-order valence-corrected chi connectivity index (χ1v) is 4.20. The monoisotopic (exact) mass is 224 g/mol. The third kappa shape index (κ3) is 2.54. The normalized spacial score (nSPS) is 11.6. The van der Waals surface area contributed by atoms with E-state index in [4.69, 9.17) is 11.6 Å².